The first-order valence-electron chi connectivity index (χ1n) is 19.9. The number of primary amides is 1. The van der Waals surface area contributed by atoms with Crippen molar-refractivity contribution in [2.75, 3.05) is 28.3 Å². The zero-order valence-corrected chi connectivity index (χ0v) is 35.7. The van der Waals surface area contributed by atoms with Crippen LogP contribution in [0.1, 0.15) is 55.0 Å². The van der Waals surface area contributed by atoms with Gasteiger partial charge >= 0.3 is 11.3 Å². The maximum atomic E-state index is 15.1. The van der Waals surface area contributed by atoms with E-state index in [-0.39, 0.29) is 28.0 Å². The first-order chi connectivity index (χ1) is 30.3. The summed E-state index contributed by atoms with van der Waals surface area (Å²) in [5, 5.41) is 51.3. The standard InChI is InChI=1S/C34H34N2O11.C12H12N2O3/c1-13-16-7-6-8-19(37)23(16)28(39)24-22(13)29(40)26-27(36(3)4)30(41)25(33(35)44)32(43)34(26,31(24)42)47-14(2)18-12-21(38)46-20-11-15(45-5)9-10-17(18)20;1-7(14-13)10-6-12(15)17-11-5-8(16-2)3-4-9(10)11/h6-14,22,26-27,29,37,39-40,43H,1-5H3,(H2,35,44);3-6H,13H2,1-2H3/b;14-7-/t13-,14?,22+,26+,27-,29-,34-;/m1./s1. The lowest BCUT2D eigenvalue weighted by Gasteiger charge is -2.56. The van der Waals surface area contributed by atoms with Gasteiger partial charge in [-0.3, -0.25) is 19.3 Å². The maximum Gasteiger partial charge on any atom is 0.336 e. The Kier molecular flexibility index (Phi) is 11.7. The number of fused-ring (bicyclic) bond motifs is 5. The molecular weight excluding hydrogens is 833 g/mol. The second-order valence-corrected chi connectivity index (χ2v) is 16.0. The predicted molar refractivity (Wildman–Crippen MR) is 232 cm³/mol. The number of phenolic OH excluding ortho intramolecular Hbond substituents is 1. The molecule has 0 saturated heterocycles. The SMILES string of the molecule is COc1ccc2c(/C(C)=N\N)cc(=O)oc2c1.COc1ccc2c(C(C)O[C@@]34C(=O)C5=C(O)c6c(O)cccc6[C@@H](C)[C@@H]5[C@@H](O)[C@@H]3[C@@H](N(C)C)C(=O)C(C(N)=O)=C4O)cc(=O)oc2c1. The molecule has 1 saturated carbocycles. The van der Waals surface area contributed by atoms with Crippen molar-refractivity contribution in [3.8, 4) is 17.2 Å². The van der Waals surface area contributed by atoms with Crippen LogP contribution in [0.25, 0.3) is 27.7 Å². The van der Waals surface area contributed by atoms with Crippen molar-refractivity contribution in [3.05, 3.63) is 127 Å². The lowest BCUT2D eigenvalue weighted by atomic mass is 9.54. The molecule has 334 valence electrons. The molecule has 1 unspecified atom stereocenters. The Labute approximate surface area is 364 Å². The second kappa shape index (κ2) is 16.8. The molecule has 8 rings (SSSR count). The molecule has 0 bridgehead atoms. The summed E-state index contributed by atoms with van der Waals surface area (Å²) in [6.07, 6.45) is -2.89. The summed E-state index contributed by atoms with van der Waals surface area (Å²) in [5.41, 5.74) is 2.90. The van der Waals surface area contributed by atoms with E-state index in [2.05, 4.69) is 5.10 Å². The molecule has 3 aliphatic carbocycles. The third-order valence-electron chi connectivity index (χ3n) is 12.3. The van der Waals surface area contributed by atoms with Gasteiger partial charge in [-0.1, -0.05) is 19.1 Å². The lowest BCUT2D eigenvalue weighted by molar-refractivity contribution is -0.193. The molecule has 0 aliphatic heterocycles. The third kappa shape index (κ3) is 7.04. The summed E-state index contributed by atoms with van der Waals surface area (Å²) in [7, 11) is 5.99. The van der Waals surface area contributed by atoms with Crippen molar-refractivity contribution in [2.45, 2.75) is 50.5 Å². The maximum absolute atomic E-state index is 15.1. The molecule has 7 atom stereocenters. The van der Waals surface area contributed by atoms with Gasteiger partial charge in [0.15, 0.2) is 11.4 Å². The number of aromatic hydroxyl groups is 1. The van der Waals surface area contributed by atoms with Crippen molar-refractivity contribution in [1.82, 2.24) is 4.90 Å². The molecular formula is C46H46N4O14. The number of methoxy groups -OCH3 is 2. The fourth-order valence-corrected chi connectivity index (χ4v) is 9.35. The summed E-state index contributed by atoms with van der Waals surface area (Å²) in [5.74, 6) is -2.51. The van der Waals surface area contributed by atoms with Gasteiger partial charge in [-0.2, -0.15) is 5.10 Å². The fourth-order valence-electron chi connectivity index (χ4n) is 9.35. The third-order valence-corrected chi connectivity index (χ3v) is 12.3. The highest BCUT2D eigenvalue weighted by Gasteiger charge is 2.70. The number of amides is 1. The van der Waals surface area contributed by atoms with Gasteiger partial charge < -0.3 is 55.0 Å². The highest BCUT2D eigenvalue weighted by Crippen LogP contribution is 2.58. The van der Waals surface area contributed by atoms with Gasteiger partial charge in [0.25, 0.3) is 5.91 Å². The van der Waals surface area contributed by atoms with Crippen molar-refractivity contribution in [3.63, 3.8) is 0 Å². The average molecular weight is 879 g/mol. The summed E-state index contributed by atoms with van der Waals surface area (Å²) in [6.45, 7) is 4.91. The van der Waals surface area contributed by atoms with Gasteiger partial charge in [0, 0.05) is 52.1 Å². The van der Waals surface area contributed by atoms with E-state index in [4.69, 9.17) is 34.6 Å². The Morgan fingerprint density at radius 1 is 0.891 bits per heavy atom. The molecule has 0 spiro atoms. The molecule has 2 aromatic heterocycles. The quantitative estimate of drug-likeness (QED) is 0.0424. The summed E-state index contributed by atoms with van der Waals surface area (Å²) in [4.78, 5) is 67.2. The van der Waals surface area contributed by atoms with Crippen LogP contribution >= 0.6 is 0 Å². The van der Waals surface area contributed by atoms with E-state index in [1.807, 2.05) is 0 Å². The van der Waals surface area contributed by atoms with Crippen molar-refractivity contribution < 1.29 is 57.9 Å². The molecule has 5 aromatic rings. The largest absolute Gasteiger partial charge is 0.508 e. The van der Waals surface area contributed by atoms with Crippen LogP contribution in [0.3, 0.4) is 0 Å². The molecule has 8 N–H and O–H groups in total. The minimum atomic E-state index is -2.68. The molecule has 1 amide bonds. The number of hydrogen-bond donors (Lipinski definition) is 6. The number of nitrogens with zero attached hydrogens (tertiary/aromatic N) is 2. The number of Topliss-reactive ketones (excluding diaryl/α,β-unsaturated/α-hetero) is 2. The molecule has 64 heavy (non-hydrogen) atoms. The van der Waals surface area contributed by atoms with Crippen LogP contribution in [0.5, 0.6) is 17.2 Å². The highest BCUT2D eigenvalue weighted by atomic mass is 16.5. The second-order valence-electron chi connectivity index (χ2n) is 16.0. The predicted octanol–water partition coefficient (Wildman–Crippen LogP) is 3.88. The summed E-state index contributed by atoms with van der Waals surface area (Å²) < 4.78 is 27.3. The number of phenols is 1. The Morgan fingerprint density at radius 2 is 1.48 bits per heavy atom. The molecule has 18 nitrogen and oxygen atoms in total. The number of hydrazone groups is 1. The summed E-state index contributed by atoms with van der Waals surface area (Å²) >= 11 is 0. The zero-order valence-electron chi connectivity index (χ0n) is 35.7. The minimum Gasteiger partial charge on any atom is -0.508 e. The zero-order chi connectivity index (χ0) is 46.7. The van der Waals surface area contributed by atoms with E-state index in [9.17, 15) is 39.6 Å². The first-order valence-corrected chi connectivity index (χ1v) is 19.9. The van der Waals surface area contributed by atoms with Crippen LogP contribution in [0, 0.1) is 11.8 Å². The monoisotopic (exact) mass is 878 g/mol. The molecule has 18 heteroatoms. The number of ketones is 2. The van der Waals surface area contributed by atoms with Gasteiger partial charge in [-0.15, -0.1) is 0 Å². The van der Waals surface area contributed by atoms with Crippen molar-refractivity contribution in [2.24, 2.45) is 28.5 Å². The number of aliphatic hydroxyl groups is 3. The lowest BCUT2D eigenvalue weighted by Crippen LogP contribution is -2.71. The van der Waals surface area contributed by atoms with E-state index >= 15 is 4.79 Å². The fraction of sp³-hybridized carbons (Fsp3) is 0.304. The highest BCUT2D eigenvalue weighted by molar-refractivity contribution is 6.24. The van der Waals surface area contributed by atoms with E-state index in [0.717, 1.165) is 11.5 Å². The Bertz CT molecular complexity index is 2980. The van der Waals surface area contributed by atoms with Crippen LogP contribution < -0.4 is 32.3 Å². The average Bonchev–Trinajstić information content (AvgIpc) is 3.25. The number of rotatable bonds is 8. The van der Waals surface area contributed by atoms with Crippen molar-refractivity contribution in [1.29, 1.82) is 0 Å². The van der Waals surface area contributed by atoms with Crippen LogP contribution in [0.4, 0.5) is 0 Å². The number of ether oxygens (including phenoxy) is 3. The Hall–Kier alpha value is -7.28. The number of nitrogens with two attached hydrogens (primary N) is 2. The number of likely N-dealkylation sites (N-methyl/N-ethyl adjacent to an activating group) is 1. The van der Waals surface area contributed by atoms with Crippen molar-refractivity contribution >= 4 is 50.9 Å². The van der Waals surface area contributed by atoms with E-state index < -0.39 is 87.4 Å². The van der Waals surface area contributed by atoms with Crippen LogP contribution in [0.15, 0.2) is 107 Å². The molecule has 3 aliphatic rings. The number of benzene rings is 3. The van der Waals surface area contributed by atoms with E-state index in [1.165, 1.54) is 51.2 Å². The molecule has 2 heterocycles. The van der Waals surface area contributed by atoms with Gasteiger partial charge in [-0.05, 0) is 75.3 Å². The molecule has 3 aromatic carbocycles. The number of aliphatic hydroxyl groups excluding tert-OH is 3. The van der Waals surface area contributed by atoms with Crippen LogP contribution in [-0.2, 0) is 19.1 Å². The van der Waals surface area contributed by atoms with Gasteiger partial charge in [0.2, 0.25) is 5.78 Å². The van der Waals surface area contributed by atoms with Crippen LogP contribution in [0.2, 0.25) is 0 Å². The number of hydrogen-bond acceptors (Lipinski definition) is 17. The molecule has 1 fully saturated rings. The minimum absolute atomic E-state index is 0.0382. The first kappa shape index (κ1) is 44.8. The number of carbonyl (C=O) groups is 3. The normalized spacial score (nSPS) is 23.6. The van der Waals surface area contributed by atoms with Crippen LogP contribution in [-0.4, -0.2) is 94.6 Å². The van der Waals surface area contributed by atoms with Gasteiger partial charge in [-0.25, -0.2) is 9.59 Å². The number of carbonyl (C=O) groups excluding carboxylic acids is 3. The molecule has 0 radical (unpaired) electrons. The van der Waals surface area contributed by atoms with E-state index in [1.54, 1.807) is 63.4 Å². The Balaban J connectivity index is 0.000000301. The van der Waals surface area contributed by atoms with Gasteiger partial charge in [0.1, 0.15) is 45.5 Å². The topological polar surface area (TPSA) is 288 Å². The summed E-state index contributed by atoms with van der Waals surface area (Å²) in [6, 6.07) is 15.6. The van der Waals surface area contributed by atoms with Gasteiger partial charge in [0.05, 0.1) is 49.7 Å². The smallest absolute Gasteiger partial charge is 0.336 e. The van der Waals surface area contributed by atoms with E-state index in [0.29, 0.717) is 39.3 Å². The Morgan fingerprint density at radius 3 is 2.06 bits per heavy atom.